The lowest BCUT2D eigenvalue weighted by Gasteiger charge is -2.12. The lowest BCUT2D eigenvalue weighted by molar-refractivity contribution is 1.13. The molecule has 0 radical (unpaired) electrons. The summed E-state index contributed by atoms with van der Waals surface area (Å²) in [6.45, 7) is 0. The molecule has 0 unspecified atom stereocenters. The molecule has 0 N–H and O–H groups in total. The second kappa shape index (κ2) is 5.25. The van der Waals surface area contributed by atoms with Crippen LogP contribution in [0.15, 0.2) is 53.7 Å². The zero-order valence-electron chi connectivity index (χ0n) is 10.0. The maximum absolute atomic E-state index is 4.41. The highest BCUT2D eigenvalue weighted by Crippen LogP contribution is 2.19. The summed E-state index contributed by atoms with van der Waals surface area (Å²) < 4.78 is 0. The van der Waals surface area contributed by atoms with Gasteiger partial charge in [-0.3, -0.25) is 9.98 Å². The molecule has 0 spiro atoms. The Morgan fingerprint density at radius 1 is 1.12 bits per heavy atom. The van der Waals surface area contributed by atoms with E-state index in [0.29, 0.717) is 0 Å². The third-order valence-corrected chi connectivity index (χ3v) is 2.38. The second-order valence-corrected chi connectivity index (χ2v) is 3.93. The predicted octanol–water partition coefficient (Wildman–Crippen LogP) is 2.90. The van der Waals surface area contributed by atoms with Gasteiger partial charge in [0.05, 0.1) is 17.6 Å². The van der Waals surface area contributed by atoms with Gasteiger partial charge in [0.25, 0.3) is 0 Å². The minimum absolute atomic E-state index is 0.864. The van der Waals surface area contributed by atoms with Crippen molar-refractivity contribution >= 4 is 17.6 Å². The van der Waals surface area contributed by atoms with Crippen molar-refractivity contribution in [2.75, 3.05) is 19.0 Å². The van der Waals surface area contributed by atoms with E-state index in [-0.39, 0.29) is 0 Å². The molecule has 1 aromatic heterocycles. The molecule has 0 bridgehead atoms. The summed E-state index contributed by atoms with van der Waals surface area (Å²) >= 11 is 0. The van der Waals surface area contributed by atoms with Crippen molar-refractivity contribution in [1.29, 1.82) is 0 Å². The van der Waals surface area contributed by atoms with Gasteiger partial charge in [-0.25, -0.2) is 0 Å². The molecule has 0 aliphatic carbocycles. The van der Waals surface area contributed by atoms with Crippen LogP contribution in [0.1, 0.15) is 5.69 Å². The van der Waals surface area contributed by atoms with E-state index in [1.165, 1.54) is 0 Å². The fourth-order valence-corrected chi connectivity index (χ4v) is 1.44. The predicted molar refractivity (Wildman–Crippen MR) is 72.3 cm³/mol. The van der Waals surface area contributed by atoms with Crippen LogP contribution >= 0.6 is 0 Å². The number of aromatic nitrogens is 1. The molecule has 3 heteroatoms. The first-order valence-electron chi connectivity index (χ1n) is 5.48. The van der Waals surface area contributed by atoms with Gasteiger partial charge in [0.1, 0.15) is 0 Å². The van der Waals surface area contributed by atoms with E-state index >= 15 is 0 Å². The largest absolute Gasteiger partial charge is 0.378 e. The monoisotopic (exact) mass is 225 g/mol. The van der Waals surface area contributed by atoms with Gasteiger partial charge in [0.15, 0.2) is 0 Å². The smallest absolute Gasteiger partial charge is 0.0812 e. The minimum Gasteiger partial charge on any atom is -0.378 e. The van der Waals surface area contributed by atoms with Crippen LogP contribution < -0.4 is 4.90 Å². The lowest BCUT2D eigenvalue weighted by atomic mass is 10.2. The highest BCUT2D eigenvalue weighted by atomic mass is 15.1. The van der Waals surface area contributed by atoms with Crippen LogP contribution in [0.3, 0.4) is 0 Å². The Morgan fingerprint density at radius 2 is 2.00 bits per heavy atom. The first-order chi connectivity index (χ1) is 8.25. The fourth-order valence-electron chi connectivity index (χ4n) is 1.44. The summed E-state index contributed by atoms with van der Waals surface area (Å²) in [7, 11) is 4.03. The van der Waals surface area contributed by atoms with Gasteiger partial charge >= 0.3 is 0 Å². The van der Waals surface area contributed by atoms with Crippen molar-refractivity contribution in [1.82, 2.24) is 4.98 Å². The molecule has 2 aromatic rings. The summed E-state index contributed by atoms with van der Waals surface area (Å²) in [5.41, 5.74) is 2.94. The SMILES string of the molecule is CN(C)c1cccc(N=Cc2ccccn2)c1. The number of pyridine rings is 1. The van der Waals surface area contributed by atoms with E-state index in [1.807, 2.05) is 50.5 Å². The van der Waals surface area contributed by atoms with Crippen LogP contribution in [0.25, 0.3) is 0 Å². The first-order valence-corrected chi connectivity index (χ1v) is 5.48. The average Bonchev–Trinajstić information content (AvgIpc) is 2.38. The molecule has 0 saturated heterocycles. The number of rotatable bonds is 3. The van der Waals surface area contributed by atoms with E-state index in [2.05, 4.69) is 20.9 Å². The molecule has 2 rings (SSSR count). The quantitative estimate of drug-likeness (QED) is 0.751. The Balaban J connectivity index is 2.19. The number of aliphatic imine (C=N–C) groups is 1. The zero-order chi connectivity index (χ0) is 12.1. The van der Waals surface area contributed by atoms with Crippen LogP contribution in [0.5, 0.6) is 0 Å². The minimum atomic E-state index is 0.864. The van der Waals surface area contributed by atoms with Gasteiger partial charge in [-0.2, -0.15) is 0 Å². The second-order valence-electron chi connectivity index (χ2n) is 3.93. The normalized spacial score (nSPS) is 10.7. The zero-order valence-corrected chi connectivity index (χ0v) is 10.0. The molecule has 0 aliphatic heterocycles. The molecule has 0 aliphatic rings. The van der Waals surface area contributed by atoms with E-state index in [1.54, 1.807) is 12.4 Å². The molecule has 0 amide bonds. The van der Waals surface area contributed by atoms with Crippen molar-refractivity contribution in [2.45, 2.75) is 0 Å². The number of anilines is 1. The highest BCUT2D eigenvalue weighted by molar-refractivity contribution is 5.79. The van der Waals surface area contributed by atoms with Gasteiger partial charge in [-0.05, 0) is 30.3 Å². The highest BCUT2D eigenvalue weighted by Gasteiger charge is 1.95. The van der Waals surface area contributed by atoms with Crippen LogP contribution in [0.4, 0.5) is 11.4 Å². The average molecular weight is 225 g/mol. The number of nitrogens with zero attached hydrogens (tertiary/aromatic N) is 3. The van der Waals surface area contributed by atoms with Crippen molar-refractivity contribution in [3.05, 3.63) is 54.4 Å². The standard InChI is InChI=1S/C14H15N3/c1-17(2)14-8-5-7-12(10-14)16-11-13-6-3-4-9-15-13/h3-11H,1-2H3. The van der Waals surface area contributed by atoms with Gasteiger partial charge in [0.2, 0.25) is 0 Å². The lowest BCUT2D eigenvalue weighted by Crippen LogP contribution is -2.07. The molecule has 0 fully saturated rings. The summed E-state index contributed by atoms with van der Waals surface area (Å²) in [5.74, 6) is 0. The van der Waals surface area contributed by atoms with Crippen LogP contribution in [0, 0.1) is 0 Å². The Bertz CT molecular complexity index is 504. The third kappa shape index (κ3) is 3.14. The molecule has 1 heterocycles. The summed E-state index contributed by atoms with van der Waals surface area (Å²) in [6.07, 6.45) is 3.53. The Morgan fingerprint density at radius 3 is 2.71 bits per heavy atom. The van der Waals surface area contributed by atoms with E-state index < -0.39 is 0 Å². The van der Waals surface area contributed by atoms with Crippen LogP contribution in [-0.4, -0.2) is 25.3 Å². The Hall–Kier alpha value is -2.16. The van der Waals surface area contributed by atoms with Gasteiger partial charge in [-0.15, -0.1) is 0 Å². The molecule has 17 heavy (non-hydrogen) atoms. The number of hydrogen-bond donors (Lipinski definition) is 0. The first kappa shape index (κ1) is 11.3. The maximum atomic E-state index is 4.41. The van der Waals surface area contributed by atoms with E-state index in [0.717, 1.165) is 17.1 Å². The number of hydrogen-bond acceptors (Lipinski definition) is 3. The van der Waals surface area contributed by atoms with Gasteiger partial charge in [-0.1, -0.05) is 12.1 Å². The molecular formula is C14H15N3. The van der Waals surface area contributed by atoms with Crippen LogP contribution in [0.2, 0.25) is 0 Å². The van der Waals surface area contributed by atoms with Gasteiger partial charge in [0, 0.05) is 26.0 Å². The number of benzene rings is 1. The topological polar surface area (TPSA) is 28.5 Å². The molecule has 3 nitrogen and oxygen atoms in total. The summed E-state index contributed by atoms with van der Waals surface area (Å²) in [4.78, 5) is 10.7. The van der Waals surface area contributed by atoms with Crippen molar-refractivity contribution < 1.29 is 0 Å². The molecule has 86 valence electrons. The molecule has 0 saturated carbocycles. The Labute approximate surface area is 101 Å². The van der Waals surface area contributed by atoms with Crippen molar-refractivity contribution in [3.8, 4) is 0 Å². The molecular weight excluding hydrogens is 210 g/mol. The Kier molecular flexibility index (Phi) is 3.50. The molecule has 0 atom stereocenters. The van der Waals surface area contributed by atoms with E-state index in [9.17, 15) is 0 Å². The van der Waals surface area contributed by atoms with Crippen LogP contribution in [-0.2, 0) is 0 Å². The van der Waals surface area contributed by atoms with Crippen molar-refractivity contribution in [3.63, 3.8) is 0 Å². The summed E-state index contributed by atoms with van der Waals surface area (Å²) in [5, 5.41) is 0. The third-order valence-electron chi connectivity index (χ3n) is 2.38. The summed E-state index contributed by atoms with van der Waals surface area (Å²) in [6, 6.07) is 13.8. The van der Waals surface area contributed by atoms with Gasteiger partial charge < -0.3 is 4.90 Å². The van der Waals surface area contributed by atoms with Crippen molar-refractivity contribution in [2.24, 2.45) is 4.99 Å². The maximum Gasteiger partial charge on any atom is 0.0812 e. The van der Waals surface area contributed by atoms with E-state index in [4.69, 9.17) is 0 Å². The molecule has 1 aromatic carbocycles. The fraction of sp³-hybridized carbons (Fsp3) is 0.143.